The van der Waals surface area contributed by atoms with Crippen LogP contribution in [0, 0.1) is 0 Å². The van der Waals surface area contributed by atoms with Gasteiger partial charge in [-0.25, -0.2) is 8.42 Å². The summed E-state index contributed by atoms with van der Waals surface area (Å²) in [6, 6.07) is 7.20. The van der Waals surface area contributed by atoms with Crippen molar-refractivity contribution < 1.29 is 13.2 Å². The standard InChI is InChI=1S/C16H24N2O3S/c17-11-14-6-5-7-15(10-14)12-22(20,21)13-16(19)18-8-3-1-2-4-9-18/h5-7,10H,1-4,8-9,11-13,17H2. The van der Waals surface area contributed by atoms with Crippen LogP contribution in [0.15, 0.2) is 24.3 Å². The van der Waals surface area contributed by atoms with Crippen molar-refractivity contribution in [2.75, 3.05) is 18.8 Å². The minimum atomic E-state index is -3.45. The summed E-state index contributed by atoms with van der Waals surface area (Å²) in [5, 5.41) is 0. The zero-order valence-electron chi connectivity index (χ0n) is 12.8. The van der Waals surface area contributed by atoms with Crippen molar-refractivity contribution in [3.8, 4) is 0 Å². The fourth-order valence-corrected chi connectivity index (χ4v) is 4.10. The van der Waals surface area contributed by atoms with Gasteiger partial charge in [0, 0.05) is 19.6 Å². The molecule has 1 amide bonds. The number of hydrogen-bond acceptors (Lipinski definition) is 4. The molecule has 1 saturated heterocycles. The van der Waals surface area contributed by atoms with Crippen molar-refractivity contribution in [1.82, 2.24) is 4.90 Å². The van der Waals surface area contributed by atoms with Crippen LogP contribution in [-0.2, 0) is 26.9 Å². The molecule has 0 spiro atoms. The molecule has 6 heteroatoms. The van der Waals surface area contributed by atoms with Gasteiger partial charge in [-0.05, 0) is 24.0 Å². The average Bonchev–Trinajstić information content (AvgIpc) is 2.75. The molecule has 22 heavy (non-hydrogen) atoms. The van der Waals surface area contributed by atoms with E-state index in [1.165, 1.54) is 0 Å². The molecule has 0 radical (unpaired) electrons. The minimum Gasteiger partial charge on any atom is -0.342 e. The summed E-state index contributed by atoms with van der Waals surface area (Å²) in [6.45, 7) is 1.73. The Kier molecular flexibility index (Phi) is 5.97. The predicted octanol–water partition coefficient (Wildman–Crippen LogP) is 1.46. The number of likely N-dealkylation sites (tertiary alicyclic amines) is 1. The quantitative estimate of drug-likeness (QED) is 0.889. The second-order valence-corrected chi connectivity index (χ2v) is 7.92. The van der Waals surface area contributed by atoms with Crippen LogP contribution in [0.4, 0.5) is 0 Å². The second-order valence-electron chi connectivity index (χ2n) is 5.85. The van der Waals surface area contributed by atoms with Crippen molar-refractivity contribution in [3.63, 3.8) is 0 Å². The second kappa shape index (κ2) is 7.74. The monoisotopic (exact) mass is 324 g/mol. The highest BCUT2D eigenvalue weighted by atomic mass is 32.2. The molecular weight excluding hydrogens is 300 g/mol. The van der Waals surface area contributed by atoms with Crippen molar-refractivity contribution in [2.24, 2.45) is 5.73 Å². The molecule has 2 rings (SSSR count). The van der Waals surface area contributed by atoms with Crippen LogP contribution < -0.4 is 5.73 Å². The first kappa shape index (κ1) is 17.0. The Bertz CT molecular complexity index is 606. The van der Waals surface area contributed by atoms with Crippen LogP contribution in [0.5, 0.6) is 0 Å². The number of benzene rings is 1. The number of carbonyl (C=O) groups excluding carboxylic acids is 1. The highest BCUT2D eigenvalue weighted by Crippen LogP contribution is 2.13. The predicted molar refractivity (Wildman–Crippen MR) is 86.9 cm³/mol. The van der Waals surface area contributed by atoms with Gasteiger partial charge in [0.05, 0.1) is 5.75 Å². The lowest BCUT2D eigenvalue weighted by atomic mass is 10.1. The topological polar surface area (TPSA) is 80.5 Å². The number of nitrogens with zero attached hydrogens (tertiary/aromatic N) is 1. The van der Waals surface area contributed by atoms with E-state index in [-0.39, 0.29) is 11.7 Å². The molecule has 5 nitrogen and oxygen atoms in total. The summed E-state index contributed by atoms with van der Waals surface area (Å²) >= 11 is 0. The van der Waals surface area contributed by atoms with Crippen LogP contribution in [0.3, 0.4) is 0 Å². The minimum absolute atomic E-state index is 0.111. The van der Waals surface area contributed by atoms with Gasteiger partial charge in [-0.2, -0.15) is 0 Å². The van der Waals surface area contributed by atoms with Gasteiger partial charge in [0.2, 0.25) is 5.91 Å². The molecule has 1 aliphatic heterocycles. The normalized spacial score (nSPS) is 16.3. The number of carbonyl (C=O) groups is 1. The summed E-state index contributed by atoms with van der Waals surface area (Å²) in [4.78, 5) is 13.9. The Morgan fingerprint density at radius 1 is 1.09 bits per heavy atom. The maximum absolute atomic E-state index is 12.3. The first-order chi connectivity index (χ1) is 10.5. The average molecular weight is 324 g/mol. The Balaban J connectivity index is 1.98. The lowest BCUT2D eigenvalue weighted by Gasteiger charge is -2.20. The van der Waals surface area contributed by atoms with Crippen LogP contribution in [-0.4, -0.2) is 38.1 Å². The molecule has 1 fully saturated rings. The van der Waals surface area contributed by atoms with Gasteiger partial charge in [-0.3, -0.25) is 4.79 Å². The van der Waals surface area contributed by atoms with Gasteiger partial charge in [0.1, 0.15) is 5.75 Å². The van der Waals surface area contributed by atoms with E-state index in [4.69, 9.17) is 5.73 Å². The Morgan fingerprint density at radius 2 is 1.73 bits per heavy atom. The third-order valence-corrected chi connectivity index (χ3v) is 5.38. The van der Waals surface area contributed by atoms with Crippen molar-refractivity contribution >= 4 is 15.7 Å². The van der Waals surface area contributed by atoms with E-state index in [2.05, 4.69) is 0 Å². The van der Waals surface area contributed by atoms with Crippen LogP contribution in [0.25, 0.3) is 0 Å². The third kappa shape index (κ3) is 5.10. The first-order valence-corrected chi connectivity index (χ1v) is 9.58. The molecule has 0 aromatic heterocycles. The number of amides is 1. The Labute approximate surface area is 132 Å². The maximum Gasteiger partial charge on any atom is 0.237 e. The molecule has 0 unspecified atom stereocenters. The number of hydrogen-bond donors (Lipinski definition) is 1. The summed E-state index contributed by atoms with van der Waals surface area (Å²) in [5.74, 6) is -0.780. The van der Waals surface area contributed by atoms with Gasteiger partial charge in [0.25, 0.3) is 0 Å². The number of nitrogens with two attached hydrogens (primary N) is 1. The van der Waals surface area contributed by atoms with Gasteiger partial charge in [-0.1, -0.05) is 37.1 Å². The third-order valence-electron chi connectivity index (χ3n) is 3.92. The molecule has 1 aromatic rings. The van der Waals surface area contributed by atoms with Gasteiger partial charge in [-0.15, -0.1) is 0 Å². The molecule has 0 atom stereocenters. The summed E-state index contributed by atoms with van der Waals surface area (Å²) in [5.41, 5.74) is 7.15. The highest BCUT2D eigenvalue weighted by molar-refractivity contribution is 7.91. The van der Waals surface area contributed by atoms with E-state index in [1.807, 2.05) is 6.07 Å². The van der Waals surface area contributed by atoms with Gasteiger partial charge in [0.15, 0.2) is 9.84 Å². The molecule has 0 aliphatic carbocycles. The van der Waals surface area contributed by atoms with Crippen LogP contribution in [0.1, 0.15) is 36.8 Å². The largest absolute Gasteiger partial charge is 0.342 e. The molecule has 0 saturated carbocycles. The van der Waals surface area contributed by atoms with Crippen molar-refractivity contribution in [3.05, 3.63) is 35.4 Å². The SMILES string of the molecule is NCc1cccc(CS(=O)(=O)CC(=O)N2CCCCCC2)c1. The lowest BCUT2D eigenvalue weighted by Crippen LogP contribution is -2.36. The fraction of sp³-hybridized carbons (Fsp3) is 0.562. The van der Waals surface area contributed by atoms with Gasteiger partial charge >= 0.3 is 0 Å². The zero-order valence-corrected chi connectivity index (χ0v) is 13.6. The van der Waals surface area contributed by atoms with E-state index in [9.17, 15) is 13.2 Å². The van der Waals surface area contributed by atoms with E-state index >= 15 is 0 Å². The van der Waals surface area contributed by atoms with Crippen LogP contribution in [0.2, 0.25) is 0 Å². The van der Waals surface area contributed by atoms with Crippen molar-refractivity contribution in [1.29, 1.82) is 0 Å². The van der Waals surface area contributed by atoms with Gasteiger partial charge < -0.3 is 10.6 Å². The molecule has 1 heterocycles. The molecule has 2 N–H and O–H groups in total. The Morgan fingerprint density at radius 3 is 2.36 bits per heavy atom. The smallest absolute Gasteiger partial charge is 0.237 e. The fourth-order valence-electron chi connectivity index (χ4n) is 2.75. The molecule has 0 bridgehead atoms. The van der Waals surface area contributed by atoms with E-state index < -0.39 is 15.6 Å². The molecule has 122 valence electrons. The Hall–Kier alpha value is -1.40. The zero-order chi connectivity index (χ0) is 16.0. The number of rotatable bonds is 5. The lowest BCUT2D eigenvalue weighted by molar-refractivity contribution is -0.128. The maximum atomic E-state index is 12.3. The highest BCUT2D eigenvalue weighted by Gasteiger charge is 2.22. The molecule has 1 aliphatic rings. The first-order valence-electron chi connectivity index (χ1n) is 7.76. The van der Waals surface area contributed by atoms with Crippen molar-refractivity contribution in [2.45, 2.75) is 38.0 Å². The number of sulfone groups is 1. The van der Waals surface area contributed by atoms with Crippen LogP contribution >= 0.6 is 0 Å². The van der Waals surface area contributed by atoms with E-state index in [1.54, 1.807) is 23.1 Å². The summed E-state index contributed by atoms with van der Waals surface area (Å²) in [7, 11) is -3.45. The van der Waals surface area contributed by atoms with E-state index in [0.29, 0.717) is 25.2 Å². The molecule has 1 aromatic carbocycles. The molecular formula is C16H24N2O3S. The summed E-state index contributed by atoms with van der Waals surface area (Å²) in [6.07, 6.45) is 4.15. The summed E-state index contributed by atoms with van der Waals surface area (Å²) < 4.78 is 24.5. The van der Waals surface area contributed by atoms with E-state index in [0.717, 1.165) is 31.2 Å².